The van der Waals surface area contributed by atoms with E-state index in [-0.39, 0.29) is 0 Å². The predicted octanol–water partition coefficient (Wildman–Crippen LogP) is 4.14. The summed E-state index contributed by atoms with van der Waals surface area (Å²) in [5.74, 6) is 6.86. The molecule has 0 heterocycles. The first-order valence-electron chi connectivity index (χ1n) is 8.23. The second-order valence-corrected chi connectivity index (χ2v) is 6.46. The van der Waals surface area contributed by atoms with Crippen LogP contribution in [0.5, 0.6) is 0 Å². The van der Waals surface area contributed by atoms with E-state index in [0.29, 0.717) is 37.5 Å². The van der Waals surface area contributed by atoms with Gasteiger partial charge in [0.2, 0.25) is 0 Å². The van der Waals surface area contributed by atoms with Crippen molar-refractivity contribution in [2.75, 3.05) is 0 Å². The molecule has 2 nitrogen and oxygen atoms in total. The zero-order valence-corrected chi connectivity index (χ0v) is 14.3. The van der Waals surface area contributed by atoms with Gasteiger partial charge < -0.3 is 10.2 Å². The second kappa shape index (κ2) is 8.70. The Morgan fingerprint density at radius 2 is 1.05 bits per heavy atom. The lowest BCUT2D eigenvalue weighted by Gasteiger charge is -2.27. The van der Waals surface area contributed by atoms with Gasteiger partial charge in [-0.1, -0.05) is 66.2 Å². The van der Waals surface area contributed by atoms with Crippen LogP contribution in [0.4, 0.5) is 0 Å². The van der Waals surface area contributed by atoms with Gasteiger partial charge in [0.25, 0.3) is 0 Å². The Morgan fingerprint density at radius 1 is 0.750 bits per heavy atom. The molecule has 0 saturated carbocycles. The molecule has 0 aromatic rings. The van der Waals surface area contributed by atoms with Crippen LogP contribution in [0.3, 0.4) is 0 Å². The molecule has 118 valence electrons. The van der Waals surface area contributed by atoms with Gasteiger partial charge in [0.15, 0.2) is 0 Å². The Kier molecular flexibility index (Phi) is 8.47. The number of hydrogen-bond acceptors (Lipinski definition) is 2. The van der Waals surface area contributed by atoms with Gasteiger partial charge in [0, 0.05) is 0 Å². The van der Waals surface area contributed by atoms with E-state index in [4.69, 9.17) is 0 Å². The van der Waals surface area contributed by atoms with Crippen LogP contribution in [-0.4, -0.2) is 21.4 Å². The van der Waals surface area contributed by atoms with E-state index in [9.17, 15) is 10.2 Å². The molecule has 20 heavy (non-hydrogen) atoms. The van der Waals surface area contributed by atoms with Crippen molar-refractivity contribution in [1.29, 1.82) is 0 Å². The number of rotatable bonds is 8. The van der Waals surface area contributed by atoms with Crippen LogP contribution < -0.4 is 0 Å². The fraction of sp³-hybridized carbons (Fsp3) is 0.889. The van der Waals surface area contributed by atoms with Crippen LogP contribution in [0.15, 0.2) is 0 Å². The monoisotopic (exact) mass is 282 g/mol. The van der Waals surface area contributed by atoms with Crippen molar-refractivity contribution in [2.45, 2.75) is 91.3 Å². The van der Waals surface area contributed by atoms with Crippen LogP contribution in [0.1, 0.15) is 80.1 Å². The molecule has 0 aliphatic rings. The Morgan fingerprint density at radius 3 is 1.25 bits per heavy atom. The van der Waals surface area contributed by atoms with Crippen molar-refractivity contribution in [2.24, 2.45) is 11.8 Å². The quantitative estimate of drug-likeness (QED) is 0.657. The third-order valence-corrected chi connectivity index (χ3v) is 4.46. The van der Waals surface area contributed by atoms with E-state index >= 15 is 0 Å². The summed E-state index contributed by atoms with van der Waals surface area (Å²) in [6.07, 6.45) is 4.64. The van der Waals surface area contributed by atoms with Gasteiger partial charge >= 0.3 is 0 Å². The summed E-state index contributed by atoms with van der Waals surface area (Å²) in [4.78, 5) is 0. The van der Waals surface area contributed by atoms with Crippen LogP contribution in [0, 0.1) is 23.7 Å². The fourth-order valence-corrected chi connectivity index (χ4v) is 2.24. The molecule has 0 aliphatic heterocycles. The van der Waals surface area contributed by atoms with Gasteiger partial charge in [0.05, 0.1) is 0 Å². The zero-order valence-electron chi connectivity index (χ0n) is 14.3. The van der Waals surface area contributed by atoms with Gasteiger partial charge in [-0.05, 0) is 37.5 Å². The highest BCUT2D eigenvalue weighted by Crippen LogP contribution is 2.25. The molecule has 0 saturated heterocycles. The molecule has 0 amide bonds. The van der Waals surface area contributed by atoms with E-state index in [1.165, 1.54) is 0 Å². The highest BCUT2D eigenvalue weighted by Gasteiger charge is 2.28. The average Bonchev–Trinajstić information content (AvgIpc) is 2.45. The first-order chi connectivity index (χ1) is 9.24. The summed E-state index contributed by atoms with van der Waals surface area (Å²) in [7, 11) is 0. The molecule has 4 unspecified atom stereocenters. The highest BCUT2D eigenvalue weighted by molar-refractivity contribution is 5.21. The molecule has 2 N–H and O–H groups in total. The Balaban J connectivity index is 5.01. The molecule has 0 rings (SSSR count). The predicted molar refractivity (Wildman–Crippen MR) is 86.4 cm³/mol. The maximum absolute atomic E-state index is 10.6. The van der Waals surface area contributed by atoms with Crippen molar-refractivity contribution in [3.05, 3.63) is 0 Å². The zero-order chi connectivity index (χ0) is 15.8. The lowest BCUT2D eigenvalue weighted by Crippen LogP contribution is -2.32. The van der Waals surface area contributed by atoms with Crippen molar-refractivity contribution < 1.29 is 10.2 Å². The normalized spacial score (nSPS) is 20.2. The smallest absolute Gasteiger partial charge is 0.125 e. The maximum atomic E-state index is 10.6. The first-order valence-corrected chi connectivity index (χ1v) is 8.23. The molecule has 0 aromatic carbocycles. The molecule has 0 fully saturated rings. The first kappa shape index (κ1) is 19.5. The van der Waals surface area contributed by atoms with Crippen molar-refractivity contribution >= 4 is 0 Å². The third kappa shape index (κ3) is 6.77. The maximum Gasteiger partial charge on any atom is 0.125 e. The van der Waals surface area contributed by atoms with Crippen LogP contribution in [0.25, 0.3) is 0 Å². The van der Waals surface area contributed by atoms with Gasteiger partial charge in [-0.15, -0.1) is 0 Å². The summed E-state index contributed by atoms with van der Waals surface area (Å²) in [6.45, 7) is 12.4. The Hall–Kier alpha value is -0.520. The van der Waals surface area contributed by atoms with Crippen molar-refractivity contribution in [3.8, 4) is 11.8 Å². The summed E-state index contributed by atoms with van der Waals surface area (Å²) < 4.78 is 0. The van der Waals surface area contributed by atoms with Crippen LogP contribution in [-0.2, 0) is 0 Å². The molecule has 0 radical (unpaired) electrons. The lowest BCUT2D eigenvalue weighted by molar-refractivity contribution is 0.0595. The summed E-state index contributed by atoms with van der Waals surface area (Å²) in [5, 5.41) is 21.2. The SMILES string of the molecule is CCC(C)CC(O)(C#CC(O)(CC)CC(C)CC)CC. The summed E-state index contributed by atoms with van der Waals surface area (Å²) in [6, 6.07) is 0. The van der Waals surface area contributed by atoms with Gasteiger partial charge in [-0.25, -0.2) is 0 Å². The minimum absolute atomic E-state index is 0.443. The Bertz CT molecular complexity index is 298. The topological polar surface area (TPSA) is 40.5 Å². The fourth-order valence-electron chi connectivity index (χ4n) is 2.24. The van der Waals surface area contributed by atoms with E-state index in [0.717, 1.165) is 12.8 Å². The molecule has 4 atom stereocenters. The van der Waals surface area contributed by atoms with Gasteiger partial charge in [-0.3, -0.25) is 0 Å². The summed E-state index contributed by atoms with van der Waals surface area (Å²) in [5.41, 5.74) is -1.93. The molecule has 2 heteroatoms. The minimum Gasteiger partial charge on any atom is -0.378 e. The van der Waals surface area contributed by atoms with E-state index in [1.54, 1.807) is 0 Å². The molecule has 0 aromatic heterocycles. The van der Waals surface area contributed by atoms with Crippen molar-refractivity contribution in [3.63, 3.8) is 0 Å². The van der Waals surface area contributed by atoms with E-state index < -0.39 is 11.2 Å². The molecule has 0 aliphatic carbocycles. The molecule has 0 spiro atoms. The van der Waals surface area contributed by atoms with E-state index in [2.05, 4.69) is 39.5 Å². The lowest BCUT2D eigenvalue weighted by atomic mass is 9.85. The molecular weight excluding hydrogens is 248 g/mol. The van der Waals surface area contributed by atoms with Gasteiger partial charge in [-0.2, -0.15) is 0 Å². The van der Waals surface area contributed by atoms with Crippen LogP contribution >= 0.6 is 0 Å². The number of aliphatic hydroxyl groups is 2. The highest BCUT2D eigenvalue weighted by atomic mass is 16.3. The minimum atomic E-state index is -0.964. The van der Waals surface area contributed by atoms with Crippen molar-refractivity contribution in [1.82, 2.24) is 0 Å². The number of hydrogen-bond donors (Lipinski definition) is 2. The molecular formula is C18H34O2. The standard InChI is InChI=1S/C18H34O2/c1-7-15(5)13-17(19,9-3)11-12-18(20,10-4)14-16(6)8-2/h15-16,19-20H,7-10,13-14H2,1-6H3. The summed E-state index contributed by atoms with van der Waals surface area (Å²) >= 11 is 0. The Labute approximate surface area is 126 Å². The molecule has 0 bridgehead atoms. The second-order valence-electron chi connectivity index (χ2n) is 6.46. The van der Waals surface area contributed by atoms with E-state index in [1.807, 2.05) is 13.8 Å². The van der Waals surface area contributed by atoms with Crippen LogP contribution in [0.2, 0.25) is 0 Å². The van der Waals surface area contributed by atoms with Gasteiger partial charge in [0.1, 0.15) is 11.2 Å². The third-order valence-electron chi connectivity index (χ3n) is 4.46. The average molecular weight is 282 g/mol. The largest absolute Gasteiger partial charge is 0.378 e.